The van der Waals surface area contributed by atoms with E-state index in [-0.39, 0.29) is 18.6 Å². The van der Waals surface area contributed by atoms with Gasteiger partial charge >= 0.3 is 0 Å². The van der Waals surface area contributed by atoms with Gasteiger partial charge in [-0.25, -0.2) is 0 Å². The van der Waals surface area contributed by atoms with Crippen LogP contribution in [0, 0.1) is 0 Å². The Bertz CT molecular complexity index is 959. The molecule has 0 heterocycles. The van der Waals surface area contributed by atoms with E-state index in [1.807, 2.05) is 37.3 Å². The maximum Gasteiger partial charge on any atom is 0.258 e. The molecule has 3 nitrogen and oxygen atoms in total. The van der Waals surface area contributed by atoms with Crippen LogP contribution in [0.4, 0.5) is 0 Å². The molecule has 1 N–H and O–H groups in total. The molecule has 0 aromatic heterocycles. The standard InChI is InChI=1S/C20H16Cl3NO2/c1-12(14-7-6-13-4-2-3-5-15(13)8-14)24-20(25)11-26-19-10-17(22)16(21)9-18(19)23/h2-10,12H,11H2,1H3,(H,24,25)/t12-/m1/s1. The van der Waals surface area contributed by atoms with Crippen LogP contribution in [-0.4, -0.2) is 12.5 Å². The summed E-state index contributed by atoms with van der Waals surface area (Å²) in [4.78, 5) is 12.2. The molecule has 3 aromatic rings. The molecular formula is C20H16Cl3NO2. The number of nitrogens with one attached hydrogen (secondary N) is 1. The van der Waals surface area contributed by atoms with Crippen molar-refractivity contribution in [3.8, 4) is 5.75 Å². The van der Waals surface area contributed by atoms with Gasteiger partial charge < -0.3 is 10.1 Å². The van der Waals surface area contributed by atoms with E-state index < -0.39 is 0 Å². The molecule has 0 radical (unpaired) electrons. The molecule has 3 rings (SSSR count). The number of ether oxygens (including phenoxy) is 1. The quantitative estimate of drug-likeness (QED) is 0.521. The summed E-state index contributed by atoms with van der Waals surface area (Å²) in [6.45, 7) is 1.75. The molecule has 1 amide bonds. The molecule has 0 aliphatic rings. The van der Waals surface area contributed by atoms with Crippen LogP contribution in [0.2, 0.25) is 15.1 Å². The number of hydrogen-bond acceptors (Lipinski definition) is 2. The van der Waals surface area contributed by atoms with Crippen molar-refractivity contribution in [1.29, 1.82) is 0 Å². The highest BCUT2D eigenvalue weighted by Crippen LogP contribution is 2.33. The van der Waals surface area contributed by atoms with Gasteiger partial charge in [0, 0.05) is 6.07 Å². The number of hydrogen-bond donors (Lipinski definition) is 1. The summed E-state index contributed by atoms with van der Waals surface area (Å²) < 4.78 is 5.45. The first kappa shape index (κ1) is 18.8. The Kier molecular flexibility index (Phi) is 5.92. The number of carbonyl (C=O) groups excluding carboxylic acids is 1. The molecule has 0 saturated heterocycles. The first-order valence-corrected chi connectivity index (χ1v) is 9.13. The predicted molar refractivity (Wildman–Crippen MR) is 107 cm³/mol. The van der Waals surface area contributed by atoms with Gasteiger partial charge in [-0.2, -0.15) is 0 Å². The SMILES string of the molecule is C[C@@H](NC(=O)COc1cc(Cl)c(Cl)cc1Cl)c1ccc2ccccc2c1. The Morgan fingerprint density at radius 2 is 1.65 bits per heavy atom. The first-order chi connectivity index (χ1) is 12.4. The van der Waals surface area contributed by atoms with Crippen LogP contribution in [0.5, 0.6) is 5.75 Å². The summed E-state index contributed by atoms with van der Waals surface area (Å²) in [5.74, 6) is 0.0578. The molecule has 3 aromatic carbocycles. The van der Waals surface area contributed by atoms with Gasteiger partial charge in [0.15, 0.2) is 6.61 Å². The van der Waals surface area contributed by atoms with Crippen LogP contribution in [-0.2, 0) is 4.79 Å². The second-order valence-electron chi connectivity index (χ2n) is 5.88. The highest BCUT2D eigenvalue weighted by Gasteiger charge is 2.13. The average Bonchev–Trinajstić information content (AvgIpc) is 2.63. The van der Waals surface area contributed by atoms with Crippen molar-refractivity contribution in [3.63, 3.8) is 0 Å². The predicted octanol–water partition coefficient (Wildman–Crippen LogP) is 6.06. The molecule has 134 valence electrons. The fourth-order valence-corrected chi connectivity index (χ4v) is 3.19. The molecule has 0 fully saturated rings. The molecule has 0 bridgehead atoms. The number of rotatable bonds is 5. The zero-order chi connectivity index (χ0) is 18.7. The molecular weight excluding hydrogens is 393 g/mol. The monoisotopic (exact) mass is 407 g/mol. The molecule has 0 unspecified atom stereocenters. The lowest BCUT2D eigenvalue weighted by Gasteiger charge is -2.16. The lowest BCUT2D eigenvalue weighted by Crippen LogP contribution is -2.31. The van der Waals surface area contributed by atoms with Gasteiger partial charge in [0.2, 0.25) is 0 Å². The zero-order valence-electron chi connectivity index (χ0n) is 13.9. The third-order valence-corrected chi connectivity index (χ3v) is 5.00. The fourth-order valence-electron chi connectivity index (χ4n) is 2.60. The van der Waals surface area contributed by atoms with Gasteiger partial charge in [-0.05, 0) is 35.4 Å². The van der Waals surface area contributed by atoms with Crippen molar-refractivity contribution in [2.45, 2.75) is 13.0 Å². The summed E-state index contributed by atoms with van der Waals surface area (Å²) in [5, 5.41) is 6.15. The Morgan fingerprint density at radius 1 is 0.962 bits per heavy atom. The Labute approximate surface area is 166 Å². The Hall–Kier alpha value is -1.94. The largest absolute Gasteiger partial charge is 0.482 e. The van der Waals surface area contributed by atoms with Crippen LogP contribution in [0.25, 0.3) is 10.8 Å². The summed E-state index contributed by atoms with van der Waals surface area (Å²) >= 11 is 17.9. The van der Waals surface area contributed by atoms with Crippen LogP contribution >= 0.6 is 34.8 Å². The van der Waals surface area contributed by atoms with Crippen LogP contribution in [0.15, 0.2) is 54.6 Å². The van der Waals surface area contributed by atoms with Crippen molar-refractivity contribution in [1.82, 2.24) is 5.32 Å². The highest BCUT2D eigenvalue weighted by molar-refractivity contribution is 6.43. The van der Waals surface area contributed by atoms with E-state index in [9.17, 15) is 4.79 Å². The second kappa shape index (κ2) is 8.17. The third kappa shape index (κ3) is 4.42. The van der Waals surface area contributed by atoms with Gasteiger partial charge in [-0.3, -0.25) is 4.79 Å². The molecule has 26 heavy (non-hydrogen) atoms. The van der Waals surface area contributed by atoms with Gasteiger partial charge in [-0.15, -0.1) is 0 Å². The van der Waals surface area contributed by atoms with Crippen molar-refractivity contribution >= 4 is 51.5 Å². The fraction of sp³-hybridized carbons (Fsp3) is 0.150. The average molecular weight is 409 g/mol. The molecule has 0 aliphatic heterocycles. The lowest BCUT2D eigenvalue weighted by molar-refractivity contribution is -0.123. The van der Waals surface area contributed by atoms with E-state index >= 15 is 0 Å². The van der Waals surface area contributed by atoms with Crippen molar-refractivity contribution in [2.24, 2.45) is 0 Å². The van der Waals surface area contributed by atoms with E-state index in [1.165, 1.54) is 12.1 Å². The molecule has 0 spiro atoms. The van der Waals surface area contributed by atoms with Gasteiger partial charge in [0.1, 0.15) is 5.75 Å². The summed E-state index contributed by atoms with van der Waals surface area (Å²) in [6.07, 6.45) is 0. The maximum absolute atomic E-state index is 12.2. The summed E-state index contributed by atoms with van der Waals surface area (Å²) in [5.41, 5.74) is 1.02. The smallest absolute Gasteiger partial charge is 0.258 e. The number of benzene rings is 3. The highest BCUT2D eigenvalue weighted by atomic mass is 35.5. The van der Waals surface area contributed by atoms with Gasteiger partial charge in [-0.1, -0.05) is 71.2 Å². The number of amides is 1. The van der Waals surface area contributed by atoms with Crippen molar-refractivity contribution in [3.05, 3.63) is 75.2 Å². The number of carbonyl (C=O) groups is 1. The summed E-state index contributed by atoms with van der Waals surface area (Å²) in [7, 11) is 0. The topological polar surface area (TPSA) is 38.3 Å². The lowest BCUT2D eigenvalue weighted by atomic mass is 10.0. The van der Waals surface area contributed by atoms with Gasteiger partial charge in [0.25, 0.3) is 5.91 Å². The van der Waals surface area contributed by atoms with Crippen LogP contribution in [0.3, 0.4) is 0 Å². The minimum Gasteiger partial charge on any atom is -0.482 e. The molecule has 6 heteroatoms. The van der Waals surface area contributed by atoms with E-state index in [2.05, 4.69) is 17.4 Å². The minimum atomic E-state index is -0.257. The number of fused-ring (bicyclic) bond motifs is 1. The van der Waals surface area contributed by atoms with E-state index in [0.29, 0.717) is 20.8 Å². The molecule has 0 aliphatic carbocycles. The van der Waals surface area contributed by atoms with E-state index in [1.54, 1.807) is 0 Å². The van der Waals surface area contributed by atoms with Crippen LogP contribution in [0.1, 0.15) is 18.5 Å². The third-order valence-electron chi connectivity index (χ3n) is 3.98. The van der Waals surface area contributed by atoms with Gasteiger partial charge in [0.05, 0.1) is 21.1 Å². The minimum absolute atomic E-state index is 0.153. The van der Waals surface area contributed by atoms with Crippen molar-refractivity contribution in [2.75, 3.05) is 6.61 Å². The Morgan fingerprint density at radius 3 is 2.42 bits per heavy atom. The summed E-state index contributed by atoms with van der Waals surface area (Å²) in [6, 6.07) is 17.0. The van der Waals surface area contributed by atoms with E-state index in [0.717, 1.165) is 16.3 Å². The maximum atomic E-state index is 12.2. The second-order valence-corrected chi connectivity index (χ2v) is 7.10. The molecule has 1 atom stereocenters. The molecule has 0 saturated carbocycles. The van der Waals surface area contributed by atoms with E-state index in [4.69, 9.17) is 39.5 Å². The first-order valence-electron chi connectivity index (χ1n) is 7.99. The van der Waals surface area contributed by atoms with Crippen LogP contribution < -0.4 is 10.1 Å². The zero-order valence-corrected chi connectivity index (χ0v) is 16.2. The number of halogens is 3. The normalized spacial score (nSPS) is 12.0. The Balaban J connectivity index is 1.62. The van der Waals surface area contributed by atoms with Crippen molar-refractivity contribution < 1.29 is 9.53 Å².